The fourth-order valence-electron chi connectivity index (χ4n) is 2.77. The smallest absolute Gasteiger partial charge is 0.244 e. The van der Waals surface area contributed by atoms with Crippen LogP contribution in [0.1, 0.15) is 31.7 Å². The Bertz CT molecular complexity index is 1290. The highest BCUT2D eigenvalue weighted by molar-refractivity contribution is 7.90. The van der Waals surface area contributed by atoms with Gasteiger partial charge in [0, 0.05) is 11.6 Å². The first-order valence-corrected chi connectivity index (χ1v) is 12.3. The summed E-state index contributed by atoms with van der Waals surface area (Å²) >= 11 is 0. The number of benzene rings is 2. The Morgan fingerprint density at radius 1 is 0.968 bits per heavy atom. The monoisotopic (exact) mass is 466 g/mol. The van der Waals surface area contributed by atoms with E-state index in [9.17, 15) is 21.2 Å². The maximum Gasteiger partial charge on any atom is 0.244 e. The van der Waals surface area contributed by atoms with E-state index in [1.165, 1.54) is 55.5 Å². The first-order chi connectivity index (χ1) is 14.6. The van der Waals surface area contributed by atoms with Crippen molar-refractivity contribution in [3.63, 3.8) is 0 Å². The van der Waals surface area contributed by atoms with Crippen molar-refractivity contribution in [2.75, 3.05) is 0 Å². The summed E-state index contributed by atoms with van der Waals surface area (Å²) in [7, 11) is -7.66. The zero-order valence-corrected chi connectivity index (χ0v) is 18.0. The van der Waals surface area contributed by atoms with Crippen molar-refractivity contribution in [2.45, 2.75) is 41.6 Å². The lowest BCUT2D eigenvalue weighted by Crippen LogP contribution is -2.28. The molecule has 0 saturated heterocycles. The molecule has 2 N–H and O–H groups in total. The second-order valence-corrected chi connectivity index (χ2v) is 10.6. The second-order valence-electron chi connectivity index (χ2n) is 7.17. The van der Waals surface area contributed by atoms with Crippen LogP contribution >= 0.6 is 0 Å². The lowest BCUT2D eigenvalue weighted by molar-refractivity contribution is 0.354. The van der Waals surface area contributed by atoms with Crippen LogP contribution in [-0.4, -0.2) is 33.0 Å². The summed E-state index contributed by atoms with van der Waals surface area (Å²) in [6, 6.07) is 9.47. The molecule has 31 heavy (non-hydrogen) atoms. The van der Waals surface area contributed by atoms with Gasteiger partial charge in [0.15, 0.2) is 0 Å². The standard InChI is InChI=1S/C19H19FN4O5S2/c1-12(19-21-18(22-29-19)13-2-4-14(20)5-3-13)23-30(25,26)16-8-10-17(11-9-16)31(27,28)24-15-6-7-15/h2-5,8-12,15,23-24H,6-7H2,1H3. The van der Waals surface area contributed by atoms with Crippen LogP contribution in [0.15, 0.2) is 62.8 Å². The molecule has 0 spiro atoms. The molecular formula is C19H19FN4O5S2. The molecule has 1 atom stereocenters. The van der Waals surface area contributed by atoms with Gasteiger partial charge in [0.05, 0.1) is 15.8 Å². The van der Waals surface area contributed by atoms with Crippen LogP contribution in [0.3, 0.4) is 0 Å². The Morgan fingerprint density at radius 2 is 1.55 bits per heavy atom. The first kappa shape index (κ1) is 21.6. The van der Waals surface area contributed by atoms with Gasteiger partial charge in [-0.15, -0.1) is 0 Å². The zero-order valence-electron chi connectivity index (χ0n) is 16.3. The molecule has 0 amide bonds. The third-order valence-electron chi connectivity index (χ3n) is 4.59. The minimum atomic E-state index is -3.98. The highest BCUT2D eigenvalue weighted by atomic mass is 32.2. The molecule has 2 aromatic carbocycles. The van der Waals surface area contributed by atoms with Gasteiger partial charge in [-0.25, -0.2) is 25.9 Å². The molecule has 9 nitrogen and oxygen atoms in total. The van der Waals surface area contributed by atoms with Crippen LogP contribution < -0.4 is 9.44 Å². The van der Waals surface area contributed by atoms with Gasteiger partial charge >= 0.3 is 0 Å². The molecule has 1 aromatic heterocycles. The Hall–Kier alpha value is -2.67. The SMILES string of the molecule is CC(NS(=O)(=O)c1ccc(S(=O)(=O)NC2CC2)cc1)c1nc(-c2ccc(F)cc2)no1. The van der Waals surface area contributed by atoms with Crippen LogP contribution in [0.25, 0.3) is 11.4 Å². The third kappa shape index (κ3) is 4.98. The van der Waals surface area contributed by atoms with Crippen LogP contribution in [0, 0.1) is 5.82 Å². The fourth-order valence-corrected chi connectivity index (χ4v) is 5.27. The molecule has 1 unspecified atom stereocenters. The first-order valence-electron chi connectivity index (χ1n) is 9.38. The molecule has 4 rings (SSSR count). The molecule has 0 aliphatic heterocycles. The van der Waals surface area contributed by atoms with Gasteiger partial charge in [0.1, 0.15) is 5.82 Å². The van der Waals surface area contributed by atoms with E-state index in [0.29, 0.717) is 5.56 Å². The van der Waals surface area contributed by atoms with Crippen LogP contribution in [-0.2, 0) is 20.0 Å². The quantitative estimate of drug-likeness (QED) is 0.521. The van der Waals surface area contributed by atoms with Crippen molar-refractivity contribution in [3.8, 4) is 11.4 Å². The second kappa shape index (κ2) is 8.11. The largest absolute Gasteiger partial charge is 0.337 e. The summed E-state index contributed by atoms with van der Waals surface area (Å²) in [5.74, 6) is -0.190. The Balaban J connectivity index is 1.47. The molecule has 1 saturated carbocycles. The molecule has 1 heterocycles. The normalized spacial score (nSPS) is 15.7. The van der Waals surface area contributed by atoms with E-state index in [-0.39, 0.29) is 27.5 Å². The topological polar surface area (TPSA) is 131 Å². The average Bonchev–Trinajstić information content (AvgIpc) is 3.38. The molecule has 1 aliphatic rings. The summed E-state index contributed by atoms with van der Waals surface area (Å²) in [5.41, 5.74) is 0.517. The summed E-state index contributed by atoms with van der Waals surface area (Å²) in [6.07, 6.45) is 1.60. The lowest BCUT2D eigenvalue weighted by atomic mass is 10.2. The number of hydrogen-bond acceptors (Lipinski definition) is 7. The van der Waals surface area contributed by atoms with Gasteiger partial charge in [-0.3, -0.25) is 0 Å². The molecule has 1 fully saturated rings. The Morgan fingerprint density at radius 3 is 2.13 bits per heavy atom. The van der Waals surface area contributed by atoms with E-state index >= 15 is 0 Å². The summed E-state index contributed by atoms with van der Waals surface area (Å²) in [5, 5.41) is 3.79. The molecule has 3 aromatic rings. The van der Waals surface area contributed by atoms with E-state index in [2.05, 4.69) is 19.6 Å². The highest BCUT2D eigenvalue weighted by Gasteiger charge is 2.28. The van der Waals surface area contributed by atoms with Crippen molar-refractivity contribution in [1.82, 2.24) is 19.6 Å². The summed E-state index contributed by atoms with van der Waals surface area (Å²) in [6.45, 7) is 1.53. The minimum absolute atomic E-state index is 0.00719. The van der Waals surface area contributed by atoms with E-state index in [4.69, 9.17) is 4.52 Å². The molecule has 0 bridgehead atoms. The van der Waals surface area contributed by atoms with Crippen molar-refractivity contribution >= 4 is 20.0 Å². The molecule has 1 aliphatic carbocycles. The van der Waals surface area contributed by atoms with Crippen molar-refractivity contribution in [3.05, 3.63) is 60.2 Å². The van der Waals surface area contributed by atoms with Gasteiger partial charge < -0.3 is 4.52 Å². The van der Waals surface area contributed by atoms with Gasteiger partial charge in [-0.1, -0.05) is 5.16 Å². The van der Waals surface area contributed by atoms with Gasteiger partial charge in [0.2, 0.25) is 31.8 Å². The van der Waals surface area contributed by atoms with E-state index in [0.717, 1.165) is 12.8 Å². The van der Waals surface area contributed by atoms with Crippen LogP contribution in [0.4, 0.5) is 4.39 Å². The third-order valence-corrected chi connectivity index (χ3v) is 7.68. The Labute approximate surface area is 178 Å². The Kier molecular flexibility index (Phi) is 5.64. The minimum Gasteiger partial charge on any atom is -0.337 e. The number of nitrogens with zero attached hydrogens (tertiary/aromatic N) is 2. The maximum absolute atomic E-state index is 13.1. The van der Waals surface area contributed by atoms with Gasteiger partial charge in [-0.2, -0.15) is 9.71 Å². The zero-order chi connectivity index (χ0) is 22.2. The van der Waals surface area contributed by atoms with Gasteiger partial charge in [-0.05, 0) is 68.3 Å². The molecule has 0 radical (unpaired) electrons. The molecule has 12 heteroatoms. The number of aromatic nitrogens is 2. The number of halogens is 1. The van der Waals surface area contributed by atoms with E-state index in [1.807, 2.05) is 0 Å². The maximum atomic E-state index is 13.1. The number of sulfonamides is 2. The van der Waals surface area contributed by atoms with E-state index < -0.39 is 31.9 Å². The number of nitrogens with one attached hydrogen (secondary N) is 2. The van der Waals surface area contributed by atoms with Crippen LogP contribution in [0.2, 0.25) is 0 Å². The number of hydrogen-bond donors (Lipinski definition) is 2. The van der Waals surface area contributed by atoms with Crippen molar-refractivity contribution in [2.24, 2.45) is 0 Å². The highest BCUT2D eigenvalue weighted by Crippen LogP contribution is 2.24. The summed E-state index contributed by atoms with van der Waals surface area (Å²) < 4.78 is 72.9. The fraction of sp³-hybridized carbons (Fsp3) is 0.263. The van der Waals surface area contributed by atoms with Crippen LogP contribution in [0.5, 0.6) is 0 Å². The van der Waals surface area contributed by atoms with Crippen molar-refractivity contribution in [1.29, 1.82) is 0 Å². The number of rotatable bonds is 8. The average molecular weight is 467 g/mol. The van der Waals surface area contributed by atoms with E-state index in [1.54, 1.807) is 0 Å². The molecule has 164 valence electrons. The van der Waals surface area contributed by atoms with Crippen molar-refractivity contribution < 1.29 is 25.7 Å². The lowest BCUT2D eigenvalue weighted by Gasteiger charge is -2.11. The summed E-state index contributed by atoms with van der Waals surface area (Å²) in [4.78, 5) is 4.04. The van der Waals surface area contributed by atoms with Gasteiger partial charge in [0.25, 0.3) is 0 Å². The molecular weight excluding hydrogens is 447 g/mol. The predicted octanol–water partition coefficient (Wildman–Crippen LogP) is 2.36. The predicted molar refractivity (Wildman–Crippen MR) is 108 cm³/mol.